The van der Waals surface area contributed by atoms with Gasteiger partial charge >= 0.3 is 0 Å². The molecule has 0 aromatic rings. The molecule has 0 bridgehead atoms. The van der Waals surface area contributed by atoms with Gasteiger partial charge in [-0.2, -0.15) is 0 Å². The summed E-state index contributed by atoms with van der Waals surface area (Å²) in [5.74, 6) is -0.0532. The maximum Gasteiger partial charge on any atom is 0.233 e. The van der Waals surface area contributed by atoms with Gasteiger partial charge in [-0.1, -0.05) is 5.16 Å². The Morgan fingerprint density at radius 3 is 2.75 bits per heavy atom. The van der Waals surface area contributed by atoms with Gasteiger partial charge in [0.1, 0.15) is 0 Å². The zero-order valence-electron chi connectivity index (χ0n) is 7.00. The summed E-state index contributed by atoms with van der Waals surface area (Å²) in [6.07, 6.45) is 0. The van der Waals surface area contributed by atoms with Crippen molar-refractivity contribution in [2.45, 2.75) is 6.92 Å². The first-order valence-electron chi connectivity index (χ1n) is 3.64. The van der Waals surface area contributed by atoms with Gasteiger partial charge in [-0.25, -0.2) is 0 Å². The van der Waals surface area contributed by atoms with E-state index in [9.17, 15) is 4.79 Å². The molecule has 6 heteroatoms. The number of carbonyl (C=O) groups excluding carboxylic acids is 1. The topological polar surface area (TPSA) is 99.7 Å². The lowest BCUT2D eigenvalue weighted by Gasteiger charge is -2.02. The molecule has 1 amide bonds. The van der Waals surface area contributed by atoms with Gasteiger partial charge < -0.3 is 21.6 Å². The van der Waals surface area contributed by atoms with Crippen LogP contribution in [0.5, 0.6) is 0 Å². The van der Waals surface area contributed by atoms with Crippen molar-refractivity contribution in [3.63, 3.8) is 0 Å². The van der Waals surface area contributed by atoms with E-state index in [0.717, 1.165) is 0 Å². The van der Waals surface area contributed by atoms with Gasteiger partial charge in [0.05, 0.1) is 13.1 Å². The molecular weight excluding hydrogens is 160 g/mol. The van der Waals surface area contributed by atoms with E-state index in [1.54, 1.807) is 0 Å². The Balaban J connectivity index is 3.37. The molecule has 6 nitrogen and oxygen atoms in total. The summed E-state index contributed by atoms with van der Waals surface area (Å²) in [5, 5.41) is 16.1. The summed E-state index contributed by atoms with van der Waals surface area (Å²) in [6.45, 7) is 2.81. The van der Waals surface area contributed by atoms with E-state index in [1.807, 2.05) is 6.92 Å². The summed E-state index contributed by atoms with van der Waals surface area (Å²) in [7, 11) is 0. The average Bonchev–Trinajstić information content (AvgIpc) is 2.04. The highest BCUT2D eigenvalue weighted by Crippen LogP contribution is 1.65. The normalized spacial score (nSPS) is 11.2. The Labute approximate surface area is 70.8 Å². The number of hydrogen-bond donors (Lipinski definition) is 4. The van der Waals surface area contributed by atoms with Gasteiger partial charge in [-0.05, 0) is 6.92 Å². The summed E-state index contributed by atoms with van der Waals surface area (Å²) in [4.78, 5) is 10.8. The van der Waals surface area contributed by atoms with Crippen LogP contribution in [0, 0.1) is 0 Å². The molecule has 0 fully saturated rings. The minimum absolute atomic E-state index is 0.0549. The van der Waals surface area contributed by atoms with Crippen LogP contribution in [0.4, 0.5) is 0 Å². The van der Waals surface area contributed by atoms with E-state index in [1.165, 1.54) is 0 Å². The van der Waals surface area contributed by atoms with Crippen molar-refractivity contribution < 1.29 is 10.0 Å². The quantitative estimate of drug-likeness (QED) is 0.176. The molecule has 0 aliphatic heterocycles. The summed E-state index contributed by atoms with van der Waals surface area (Å²) in [5.41, 5.74) is 5.14. The number of oxime groups is 1. The zero-order chi connectivity index (χ0) is 9.40. The number of likely N-dealkylation sites (N-methyl/N-ethyl adjacent to an activating group) is 1. The summed E-state index contributed by atoms with van der Waals surface area (Å²) >= 11 is 0. The SMILES string of the molecule is CCNC(=O)CNCC(N)=NO. The van der Waals surface area contributed by atoms with Crippen molar-refractivity contribution in [1.29, 1.82) is 0 Å². The smallest absolute Gasteiger partial charge is 0.233 e. The number of amidine groups is 1. The number of nitrogens with one attached hydrogen (secondary N) is 2. The minimum atomic E-state index is -0.108. The molecule has 0 rings (SSSR count). The van der Waals surface area contributed by atoms with E-state index in [2.05, 4.69) is 15.8 Å². The van der Waals surface area contributed by atoms with Gasteiger partial charge in [0, 0.05) is 6.54 Å². The van der Waals surface area contributed by atoms with Crippen LogP contribution in [-0.2, 0) is 4.79 Å². The van der Waals surface area contributed by atoms with Crippen molar-refractivity contribution in [3.8, 4) is 0 Å². The zero-order valence-corrected chi connectivity index (χ0v) is 7.00. The Morgan fingerprint density at radius 2 is 2.25 bits per heavy atom. The van der Waals surface area contributed by atoms with Crippen molar-refractivity contribution in [3.05, 3.63) is 0 Å². The third-order valence-electron chi connectivity index (χ3n) is 1.09. The van der Waals surface area contributed by atoms with Gasteiger partial charge in [0.2, 0.25) is 5.91 Å². The van der Waals surface area contributed by atoms with Crippen LogP contribution >= 0.6 is 0 Å². The first-order valence-corrected chi connectivity index (χ1v) is 3.64. The first-order chi connectivity index (χ1) is 5.70. The molecule has 0 aromatic heterocycles. The number of nitrogens with two attached hydrogens (primary N) is 1. The highest BCUT2D eigenvalue weighted by molar-refractivity contribution is 5.83. The standard InChI is InChI=1S/C6H14N4O2/c1-2-9-6(11)4-8-3-5(7)10-12/h8,12H,2-4H2,1H3,(H2,7,10)(H,9,11). The van der Waals surface area contributed by atoms with Crippen LogP contribution in [0.1, 0.15) is 6.92 Å². The summed E-state index contributed by atoms with van der Waals surface area (Å²) in [6, 6.07) is 0. The first kappa shape index (κ1) is 10.7. The van der Waals surface area contributed by atoms with Crippen LogP contribution in [0.15, 0.2) is 5.16 Å². The molecule has 0 atom stereocenters. The molecule has 0 aromatic carbocycles. The molecule has 0 aliphatic rings. The highest BCUT2D eigenvalue weighted by atomic mass is 16.4. The van der Waals surface area contributed by atoms with Crippen molar-refractivity contribution in [1.82, 2.24) is 10.6 Å². The fourth-order valence-electron chi connectivity index (χ4n) is 0.599. The largest absolute Gasteiger partial charge is 0.409 e. The Hall–Kier alpha value is -1.30. The molecule has 0 radical (unpaired) electrons. The molecule has 5 N–H and O–H groups in total. The van der Waals surface area contributed by atoms with Crippen molar-refractivity contribution >= 4 is 11.7 Å². The molecular formula is C6H14N4O2. The molecule has 70 valence electrons. The van der Waals surface area contributed by atoms with Gasteiger partial charge in [0.15, 0.2) is 5.84 Å². The Morgan fingerprint density at radius 1 is 1.58 bits per heavy atom. The summed E-state index contributed by atoms with van der Waals surface area (Å²) < 4.78 is 0. The molecule has 0 unspecified atom stereocenters. The Kier molecular flexibility index (Phi) is 5.72. The molecule has 0 aliphatic carbocycles. The van der Waals surface area contributed by atoms with Crippen molar-refractivity contribution in [2.24, 2.45) is 10.9 Å². The minimum Gasteiger partial charge on any atom is -0.409 e. The number of nitrogens with zero attached hydrogens (tertiary/aromatic N) is 1. The van der Waals surface area contributed by atoms with Crippen LogP contribution in [-0.4, -0.2) is 36.6 Å². The molecule has 0 saturated carbocycles. The third-order valence-corrected chi connectivity index (χ3v) is 1.09. The number of rotatable bonds is 5. The fraction of sp³-hybridized carbons (Fsp3) is 0.667. The molecule has 0 heterocycles. The van der Waals surface area contributed by atoms with Crippen LogP contribution in [0.25, 0.3) is 0 Å². The third kappa shape index (κ3) is 5.48. The molecule has 12 heavy (non-hydrogen) atoms. The number of carbonyl (C=O) groups is 1. The number of hydrogen-bond acceptors (Lipinski definition) is 4. The van der Waals surface area contributed by atoms with E-state index in [0.29, 0.717) is 6.54 Å². The lowest BCUT2D eigenvalue weighted by molar-refractivity contribution is -0.120. The second-order valence-electron chi connectivity index (χ2n) is 2.15. The van der Waals surface area contributed by atoms with E-state index in [4.69, 9.17) is 10.9 Å². The lowest BCUT2D eigenvalue weighted by Crippen LogP contribution is -2.37. The Bertz CT molecular complexity index is 169. The highest BCUT2D eigenvalue weighted by Gasteiger charge is 1.98. The number of amides is 1. The van der Waals surface area contributed by atoms with Crippen molar-refractivity contribution in [2.75, 3.05) is 19.6 Å². The van der Waals surface area contributed by atoms with Gasteiger partial charge in [0.25, 0.3) is 0 Å². The monoisotopic (exact) mass is 174 g/mol. The maximum absolute atomic E-state index is 10.8. The van der Waals surface area contributed by atoms with E-state index < -0.39 is 0 Å². The lowest BCUT2D eigenvalue weighted by atomic mass is 10.5. The second-order valence-corrected chi connectivity index (χ2v) is 2.15. The van der Waals surface area contributed by atoms with Crippen LogP contribution in [0.3, 0.4) is 0 Å². The van der Waals surface area contributed by atoms with E-state index in [-0.39, 0.29) is 24.8 Å². The van der Waals surface area contributed by atoms with Crippen LogP contribution < -0.4 is 16.4 Å². The average molecular weight is 174 g/mol. The van der Waals surface area contributed by atoms with Gasteiger partial charge in [-0.15, -0.1) is 0 Å². The predicted molar refractivity (Wildman–Crippen MR) is 45.0 cm³/mol. The molecule has 0 saturated heterocycles. The maximum atomic E-state index is 10.8. The second kappa shape index (κ2) is 6.41. The van der Waals surface area contributed by atoms with Gasteiger partial charge in [-0.3, -0.25) is 4.79 Å². The predicted octanol–water partition coefficient (Wildman–Crippen LogP) is -1.54. The molecule has 0 spiro atoms. The van der Waals surface area contributed by atoms with Crippen LogP contribution in [0.2, 0.25) is 0 Å². The van der Waals surface area contributed by atoms with E-state index >= 15 is 0 Å². The fourth-order valence-corrected chi connectivity index (χ4v) is 0.599.